The number of ether oxygens (including phenoxy) is 1. The fourth-order valence-corrected chi connectivity index (χ4v) is 0.648. The first kappa shape index (κ1) is 10.4. The Morgan fingerprint density at radius 1 is 1.55 bits per heavy atom. The minimum absolute atomic E-state index is 0. The molecule has 0 radical (unpaired) electrons. The highest BCUT2D eigenvalue weighted by molar-refractivity contribution is 5.72. The Morgan fingerprint density at radius 2 is 2.27 bits per heavy atom. The second kappa shape index (κ2) is 7.54. The molecule has 68 valence electrons. The number of hydrogen-bond acceptors (Lipinski definition) is 2. The molecule has 3 nitrogen and oxygen atoms in total. The van der Waals surface area contributed by atoms with Crippen LogP contribution < -0.4 is 5.32 Å². The van der Waals surface area contributed by atoms with Gasteiger partial charge in [0.25, 0.3) is 0 Å². The summed E-state index contributed by atoms with van der Waals surface area (Å²) < 4.78 is 5.21. The number of nitrogens with one attached hydrogen (secondary N) is 1. The van der Waals surface area contributed by atoms with Crippen molar-refractivity contribution in [2.24, 2.45) is 0 Å². The second-order valence-electron chi connectivity index (χ2n) is 2.45. The lowest BCUT2D eigenvalue weighted by Crippen LogP contribution is -2.24. The van der Waals surface area contributed by atoms with Gasteiger partial charge in [0.2, 0.25) is 5.91 Å². The molecule has 0 aliphatic heterocycles. The quantitative estimate of drug-likeness (QED) is 0.594. The van der Waals surface area contributed by atoms with E-state index in [1.807, 2.05) is 0 Å². The van der Waals surface area contributed by atoms with Crippen molar-refractivity contribution in [1.82, 2.24) is 5.32 Å². The topological polar surface area (TPSA) is 38.3 Å². The molecule has 0 saturated heterocycles. The fraction of sp³-hybridized carbons (Fsp3) is 0.875. The molecule has 0 unspecified atom stereocenters. The van der Waals surface area contributed by atoms with E-state index in [1.165, 1.54) is 6.92 Å². The first-order valence-corrected chi connectivity index (χ1v) is 4.09. The van der Waals surface area contributed by atoms with Crippen LogP contribution in [0.25, 0.3) is 0 Å². The molecule has 1 N–H and O–H groups in total. The molecule has 0 bridgehead atoms. The van der Waals surface area contributed by atoms with Gasteiger partial charge in [-0.2, -0.15) is 0 Å². The average molecular weight is 161 g/mol. The summed E-state index contributed by atoms with van der Waals surface area (Å²) in [6.45, 7) is 5.68. The maximum atomic E-state index is 10.4. The number of carbonyl (C=O) groups is 1. The van der Waals surface area contributed by atoms with E-state index >= 15 is 0 Å². The first-order valence-electron chi connectivity index (χ1n) is 4.09. The van der Waals surface area contributed by atoms with Crippen molar-refractivity contribution in [3.05, 3.63) is 0 Å². The summed E-state index contributed by atoms with van der Waals surface area (Å²) >= 11 is 0. The molecular formula is C8H19NO2. The van der Waals surface area contributed by atoms with E-state index in [0.29, 0.717) is 13.2 Å². The number of amides is 1. The highest BCUT2D eigenvalue weighted by atomic mass is 16.5. The third-order valence-electron chi connectivity index (χ3n) is 1.26. The number of rotatable bonds is 6. The Bertz CT molecular complexity index is 109. The van der Waals surface area contributed by atoms with Crippen LogP contribution in [0.3, 0.4) is 0 Å². The molecule has 0 aliphatic rings. The van der Waals surface area contributed by atoms with Crippen molar-refractivity contribution < 1.29 is 11.0 Å². The van der Waals surface area contributed by atoms with Crippen molar-refractivity contribution in [3.63, 3.8) is 0 Å². The summed E-state index contributed by atoms with van der Waals surface area (Å²) in [6, 6.07) is 0. The zero-order chi connectivity index (χ0) is 8.53. The predicted molar refractivity (Wildman–Crippen MR) is 46.5 cm³/mol. The van der Waals surface area contributed by atoms with Crippen LogP contribution in [-0.2, 0) is 9.53 Å². The van der Waals surface area contributed by atoms with Gasteiger partial charge < -0.3 is 10.1 Å². The van der Waals surface area contributed by atoms with Crippen molar-refractivity contribution >= 4 is 5.91 Å². The van der Waals surface area contributed by atoms with Crippen LogP contribution in [0, 0.1) is 0 Å². The van der Waals surface area contributed by atoms with E-state index in [-0.39, 0.29) is 7.33 Å². The van der Waals surface area contributed by atoms with Crippen molar-refractivity contribution in [1.29, 1.82) is 0 Å². The van der Waals surface area contributed by atoms with Crippen molar-refractivity contribution in [2.45, 2.75) is 26.7 Å². The summed E-state index contributed by atoms with van der Waals surface area (Å²) in [5, 5.41) is 2.66. The third kappa shape index (κ3) is 9.43. The molecule has 0 aromatic rings. The Kier molecular flexibility index (Phi) is 7.15. The Morgan fingerprint density at radius 3 is 2.82 bits per heavy atom. The van der Waals surface area contributed by atoms with E-state index in [9.17, 15) is 4.79 Å². The minimum atomic E-state index is 0. The summed E-state index contributed by atoms with van der Waals surface area (Å²) in [4.78, 5) is 10.4. The molecule has 0 atom stereocenters. The van der Waals surface area contributed by atoms with Gasteiger partial charge in [-0.25, -0.2) is 0 Å². The maximum Gasteiger partial charge on any atom is 0.216 e. The average Bonchev–Trinajstić information content (AvgIpc) is 1.96. The van der Waals surface area contributed by atoms with Gasteiger partial charge in [0.15, 0.2) is 0 Å². The molecule has 0 rings (SSSR count). The molecule has 0 aliphatic carbocycles. The lowest BCUT2D eigenvalue weighted by Gasteiger charge is -2.02. The molecule has 3 heteroatoms. The van der Waals surface area contributed by atoms with E-state index < -0.39 is 0 Å². The monoisotopic (exact) mass is 161 g/mol. The molecule has 0 spiro atoms. The second-order valence-corrected chi connectivity index (χ2v) is 2.45. The zero-order valence-electron chi connectivity index (χ0n) is 7.35. The van der Waals surface area contributed by atoms with Gasteiger partial charge in [-0.15, -0.1) is 0 Å². The Labute approximate surface area is 69.6 Å². The summed E-state index contributed by atoms with van der Waals surface area (Å²) in [5.74, 6) is 0.00379. The van der Waals surface area contributed by atoms with Crippen LogP contribution in [0.15, 0.2) is 0 Å². The number of carbonyl (C=O) groups excluding carboxylic acids is 1. The molecule has 0 aromatic carbocycles. The molecule has 11 heavy (non-hydrogen) atoms. The number of hydrogen-bond donors (Lipinski definition) is 1. The molecule has 0 aromatic heterocycles. The lowest BCUT2D eigenvalue weighted by atomic mass is 10.4. The van der Waals surface area contributed by atoms with Gasteiger partial charge in [0.05, 0.1) is 6.61 Å². The normalized spacial score (nSPS) is 9.64. The summed E-state index contributed by atoms with van der Waals surface area (Å²) in [7, 11) is 0. The SMILES string of the molecule is CCCCOCCNC(C)=O.[HH]. The smallest absolute Gasteiger partial charge is 0.216 e. The molecule has 0 fully saturated rings. The van der Waals surface area contributed by atoms with Crippen LogP contribution in [0.4, 0.5) is 0 Å². The molecular weight excluding hydrogens is 142 g/mol. The molecule has 0 heterocycles. The predicted octanol–water partition coefficient (Wildman–Crippen LogP) is 1.19. The van der Waals surface area contributed by atoms with Crippen LogP contribution in [0.5, 0.6) is 0 Å². The Hall–Kier alpha value is -0.570. The van der Waals surface area contributed by atoms with E-state index in [1.54, 1.807) is 0 Å². The van der Waals surface area contributed by atoms with Crippen LogP contribution >= 0.6 is 0 Å². The van der Waals surface area contributed by atoms with Crippen molar-refractivity contribution in [3.8, 4) is 0 Å². The highest BCUT2D eigenvalue weighted by Gasteiger charge is 1.89. The largest absolute Gasteiger partial charge is 0.380 e. The standard InChI is InChI=1S/C8H17NO2.H2/c1-3-4-6-11-7-5-9-8(2)10;/h3-7H2,1-2H3,(H,9,10);1H. The van der Waals surface area contributed by atoms with Gasteiger partial charge >= 0.3 is 0 Å². The summed E-state index contributed by atoms with van der Waals surface area (Å²) in [6.07, 6.45) is 2.25. The Balaban J connectivity index is 0. The van der Waals surface area contributed by atoms with Gasteiger partial charge in [0, 0.05) is 21.5 Å². The van der Waals surface area contributed by atoms with E-state index in [0.717, 1.165) is 19.4 Å². The van der Waals surface area contributed by atoms with Crippen LogP contribution in [0.2, 0.25) is 0 Å². The van der Waals surface area contributed by atoms with E-state index in [2.05, 4.69) is 12.2 Å². The van der Waals surface area contributed by atoms with Crippen LogP contribution in [-0.4, -0.2) is 25.7 Å². The van der Waals surface area contributed by atoms with Gasteiger partial charge in [-0.3, -0.25) is 4.79 Å². The number of unbranched alkanes of at least 4 members (excludes halogenated alkanes) is 1. The first-order chi connectivity index (χ1) is 5.27. The minimum Gasteiger partial charge on any atom is -0.380 e. The highest BCUT2D eigenvalue weighted by Crippen LogP contribution is 1.86. The van der Waals surface area contributed by atoms with Gasteiger partial charge in [-0.1, -0.05) is 13.3 Å². The fourth-order valence-electron chi connectivity index (χ4n) is 0.648. The summed E-state index contributed by atoms with van der Waals surface area (Å²) in [5.41, 5.74) is 0. The lowest BCUT2D eigenvalue weighted by molar-refractivity contribution is -0.119. The molecule has 1 amide bonds. The van der Waals surface area contributed by atoms with Crippen LogP contribution in [0.1, 0.15) is 28.1 Å². The van der Waals surface area contributed by atoms with E-state index in [4.69, 9.17) is 4.74 Å². The third-order valence-corrected chi connectivity index (χ3v) is 1.26. The molecule has 0 saturated carbocycles. The van der Waals surface area contributed by atoms with Crippen molar-refractivity contribution in [2.75, 3.05) is 19.8 Å². The maximum absolute atomic E-state index is 10.4. The van der Waals surface area contributed by atoms with Gasteiger partial charge in [0.1, 0.15) is 0 Å². The van der Waals surface area contributed by atoms with Gasteiger partial charge in [-0.05, 0) is 6.42 Å². The zero-order valence-corrected chi connectivity index (χ0v) is 7.35.